The fraction of sp³-hybridized carbons (Fsp3) is 0.333. The number of hydrogen-bond acceptors (Lipinski definition) is 8. The molecule has 0 fully saturated rings. The third-order valence-corrected chi connectivity index (χ3v) is 8.38. The van der Waals surface area contributed by atoms with Crippen LogP contribution in [-0.2, 0) is 37.9 Å². The minimum Gasteiger partial charge on any atom is -0.464 e. The molecule has 2 heterocycles. The smallest absolute Gasteiger partial charge is 0.464 e. The highest BCUT2D eigenvalue weighted by atomic mass is 32.2. The Kier molecular flexibility index (Phi) is 8.32. The summed E-state index contributed by atoms with van der Waals surface area (Å²) in [5.41, 5.74) is -3.79. The lowest BCUT2D eigenvalue weighted by Gasteiger charge is -2.32. The Bertz CT molecular complexity index is 1630. The molecule has 0 saturated heterocycles. The van der Waals surface area contributed by atoms with E-state index in [1.54, 1.807) is 0 Å². The van der Waals surface area contributed by atoms with E-state index in [0.29, 0.717) is 6.07 Å². The molecule has 1 aliphatic rings. The van der Waals surface area contributed by atoms with Crippen molar-refractivity contribution in [1.82, 2.24) is 4.98 Å². The maximum Gasteiger partial charge on any atom is 0.573 e. The summed E-state index contributed by atoms with van der Waals surface area (Å²) in [6, 6.07) is 8.75. The number of benzene rings is 2. The number of aliphatic hydroxyl groups is 1. The minimum atomic E-state index is -5.02. The molecule has 1 aromatic heterocycles. The number of nitrogens with zero attached hydrogens (tertiary/aromatic N) is 2. The molecule has 0 saturated carbocycles. The number of carbonyl (C=O) groups excluding carboxylic acids is 1. The van der Waals surface area contributed by atoms with Crippen LogP contribution in [0.15, 0.2) is 59.5 Å². The number of ether oxygens (including phenoxy) is 2. The van der Waals surface area contributed by atoms with E-state index in [2.05, 4.69) is 15.0 Å². The van der Waals surface area contributed by atoms with Gasteiger partial charge in [-0.15, -0.1) is 13.2 Å². The van der Waals surface area contributed by atoms with E-state index in [9.17, 15) is 44.7 Å². The zero-order valence-corrected chi connectivity index (χ0v) is 23.6. The van der Waals surface area contributed by atoms with Crippen LogP contribution >= 0.6 is 0 Å². The molecule has 2 aromatic carbocycles. The Morgan fingerprint density at radius 1 is 1.05 bits per heavy atom. The Labute approximate surface area is 242 Å². The largest absolute Gasteiger partial charge is 0.573 e. The normalized spacial score (nSPS) is 15.1. The highest BCUT2D eigenvalue weighted by Gasteiger charge is 2.44. The van der Waals surface area contributed by atoms with Gasteiger partial charge in [0.1, 0.15) is 17.3 Å². The molecule has 0 radical (unpaired) electrons. The van der Waals surface area contributed by atoms with Crippen molar-refractivity contribution in [2.75, 3.05) is 16.2 Å². The van der Waals surface area contributed by atoms with Crippen molar-refractivity contribution >= 4 is 33.2 Å². The van der Waals surface area contributed by atoms with Gasteiger partial charge >= 0.3 is 18.5 Å². The van der Waals surface area contributed by atoms with Crippen LogP contribution in [0, 0.1) is 5.92 Å². The Morgan fingerprint density at radius 3 is 2.26 bits per heavy atom. The van der Waals surface area contributed by atoms with E-state index >= 15 is 0 Å². The van der Waals surface area contributed by atoms with E-state index in [1.807, 2.05) is 0 Å². The molecule has 43 heavy (non-hydrogen) atoms. The van der Waals surface area contributed by atoms with Gasteiger partial charge in [-0.2, -0.15) is 13.2 Å². The highest BCUT2D eigenvalue weighted by Crippen LogP contribution is 2.43. The molecular weight excluding hydrogens is 608 g/mol. The maximum atomic E-state index is 13.9. The number of sulfonamides is 1. The highest BCUT2D eigenvalue weighted by molar-refractivity contribution is 7.92. The summed E-state index contributed by atoms with van der Waals surface area (Å²) >= 11 is 0. The third kappa shape index (κ3) is 6.34. The second-order valence-electron chi connectivity index (χ2n) is 9.73. The molecule has 0 aliphatic carbocycles. The molecule has 0 amide bonds. The first-order valence-corrected chi connectivity index (χ1v) is 14.1. The molecule has 0 spiro atoms. The molecule has 1 atom stereocenters. The predicted molar refractivity (Wildman–Crippen MR) is 141 cm³/mol. The minimum absolute atomic E-state index is 0.0239. The summed E-state index contributed by atoms with van der Waals surface area (Å²) in [6.45, 7) is 3.93. The second kappa shape index (κ2) is 11.2. The number of hydrogen-bond donors (Lipinski definition) is 2. The third-order valence-electron chi connectivity index (χ3n) is 6.61. The van der Waals surface area contributed by atoms with Crippen molar-refractivity contribution < 1.29 is 54.1 Å². The number of pyridine rings is 1. The zero-order chi connectivity index (χ0) is 32.0. The summed E-state index contributed by atoms with van der Waals surface area (Å²) in [4.78, 5) is 16.0. The topological polar surface area (TPSA) is 118 Å². The van der Waals surface area contributed by atoms with Gasteiger partial charge in [0.25, 0.3) is 10.0 Å². The average molecular weight is 634 g/mol. The second-order valence-corrected chi connectivity index (χ2v) is 11.6. The van der Waals surface area contributed by atoms with Crippen LogP contribution in [0.25, 0.3) is 0 Å². The summed E-state index contributed by atoms with van der Waals surface area (Å²) in [7, 11) is -4.64. The number of alkyl halides is 6. The van der Waals surface area contributed by atoms with Crippen LogP contribution in [0.5, 0.6) is 5.75 Å². The number of aromatic nitrogens is 1. The summed E-state index contributed by atoms with van der Waals surface area (Å²) < 4.78 is 116. The van der Waals surface area contributed by atoms with Gasteiger partial charge < -0.3 is 19.9 Å². The van der Waals surface area contributed by atoms with Crippen molar-refractivity contribution in [3.05, 3.63) is 71.4 Å². The van der Waals surface area contributed by atoms with E-state index in [1.165, 1.54) is 39.0 Å². The monoisotopic (exact) mass is 633 g/mol. The summed E-state index contributed by atoms with van der Waals surface area (Å²) in [5.74, 6) is -2.78. The molecule has 4 rings (SSSR count). The van der Waals surface area contributed by atoms with Crippen LogP contribution in [0.3, 0.4) is 0 Å². The number of esters is 1. The molecule has 9 nitrogen and oxygen atoms in total. The predicted octanol–water partition coefficient (Wildman–Crippen LogP) is 5.86. The Morgan fingerprint density at radius 2 is 1.70 bits per heavy atom. The quantitative estimate of drug-likeness (QED) is 0.246. The SMILES string of the molecule is CCOC(=O)C(O)(c1ccc2c(c1)N(S(=O)(=O)c1ccc(OC(F)(F)F)cc1)Cc1ccc(C(F)(F)F)nc1N2)C(C)C. The average Bonchev–Trinajstić information content (AvgIpc) is 3.07. The fourth-order valence-electron chi connectivity index (χ4n) is 4.41. The van der Waals surface area contributed by atoms with Gasteiger partial charge in [0, 0.05) is 5.56 Å². The standard InChI is InChI=1S/C27H25F6N3O6S/c1-4-41-24(37)25(38,15(2)3)17-6-11-20-21(13-17)36(14-16-5-12-22(26(28,29)30)35-23(16)34-20)43(39,40)19-9-7-18(8-10-19)42-27(31,32)33/h5-13,15,38H,4,14H2,1-3H3,(H,34,35). The van der Waals surface area contributed by atoms with E-state index < -0.39 is 62.9 Å². The number of anilines is 3. The van der Waals surface area contributed by atoms with E-state index in [-0.39, 0.29) is 34.9 Å². The molecule has 1 unspecified atom stereocenters. The van der Waals surface area contributed by atoms with Gasteiger partial charge in [0.2, 0.25) is 0 Å². The van der Waals surface area contributed by atoms with Crippen molar-refractivity contribution in [3.8, 4) is 5.75 Å². The van der Waals surface area contributed by atoms with Crippen LogP contribution in [-0.4, -0.2) is 37.4 Å². The van der Waals surface area contributed by atoms with Crippen molar-refractivity contribution in [1.29, 1.82) is 0 Å². The van der Waals surface area contributed by atoms with Crippen molar-refractivity contribution in [2.45, 2.75) is 50.4 Å². The summed E-state index contributed by atoms with van der Waals surface area (Å²) in [6.07, 6.45) is -9.83. The number of carbonyl (C=O) groups is 1. The van der Waals surface area contributed by atoms with Crippen LogP contribution in [0.4, 0.5) is 43.5 Å². The first kappa shape index (κ1) is 31.9. The molecule has 0 bridgehead atoms. The number of rotatable bonds is 7. The lowest BCUT2D eigenvalue weighted by atomic mass is 9.83. The van der Waals surface area contributed by atoms with Gasteiger partial charge in [-0.25, -0.2) is 18.2 Å². The maximum absolute atomic E-state index is 13.9. The van der Waals surface area contributed by atoms with Crippen molar-refractivity contribution in [3.63, 3.8) is 0 Å². The number of nitrogens with one attached hydrogen (secondary N) is 1. The first-order chi connectivity index (χ1) is 19.9. The van der Waals surface area contributed by atoms with Crippen LogP contribution in [0.1, 0.15) is 37.6 Å². The lowest BCUT2D eigenvalue weighted by Crippen LogP contribution is -2.42. The zero-order valence-electron chi connectivity index (χ0n) is 22.7. The van der Waals surface area contributed by atoms with Gasteiger partial charge in [-0.05, 0) is 60.9 Å². The van der Waals surface area contributed by atoms with Crippen LogP contribution in [0.2, 0.25) is 0 Å². The van der Waals surface area contributed by atoms with E-state index in [0.717, 1.165) is 34.6 Å². The molecule has 3 aromatic rings. The van der Waals surface area contributed by atoms with Crippen molar-refractivity contribution in [2.24, 2.45) is 5.92 Å². The first-order valence-electron chi connectivity index (χ1n) is 12.6. The van der Waals surface area contributed by atoms with Crippen LogP contribution < -0.4 is 14.4 Å². The van der Waals surface area contributed by atoms with Gasteiger partial charge in [0.05, 0.1) is 29.4 Å². The Balaban J connectivity index is 1.91. The fourth-order valence-corrected chi connectivity index (χ4v) is 5.87. The summed E-state index contributed by atoms with van der Waals surface area (Å²) in [5, 5.41) is 14.2. The molecular formula is C27H25F6N3O6S. The van der Waals surface area contributed by atoms with Gasteiger partial charge in [0.15, 0.2) is 5.60 Å². The molecule has 2 N–H and O–H groups in total. The Hall–Kier alpha value is -4.05. The number of halogens is 6. The lowest BCUT2D eigenvalue weighted by molar-refractivity contribution is -0.274. The molecule has 16 heteroatoms. The van der Waals surface area contributed by atoms with E-state index in [4.69, 9.17) is 4.74 Å². The molecule has 232 valence electrons. The van der Waals surface area contributed by atoms with Gasteiger partial charge in [-0.1, -0.05) is 26.0 Å². The number of fused-ring (bicyclic) bond motifs is 2. The van der Waals surface area contributed by atoms with Gasteiger partial charge in [-0.3, -0.25) is 4.31 Å². The molecule has 1 aliphatic heterocycles.